The van der Waals surface area contributed by atoms with E-state index in [0.29, 0.717) is 29.0 Å². The Morgan fingerprint density at radius 2 is 2.00 bits per heavy atom. The maximum atomic E-state index is 13.1. The number of rotatable bonds is 6. The van der Waals surface area contributed by atoms with Crippen molar-refractivity contribution in [1.29, 1.82) is 0 Å². The zero-order valence-corrected chi connectivity index (χ0v) is 12.6. The number of hydrogen-bond acceptors (Lipinski definition) is 2. The largest absolute Gasteiger partial charge is 0.416 e. The van der Waals surface area contributed by atoms with Crippen molar-refractivity contribution in [2.24, 2.45) is 5.92 Å². The summed E-state index contributed by atoms with van der Waals surface area (Å²) in [5, 5.41) is 3.15. The van der Waals surface area contributed by atoms with Crippen LogP contribution in [0, 0.1) is 5.92 Å². The number of nitrogens with one attached hydrogen (secondary N) is 1. The Morgan fingerprint density at radius 1 is 1.30 bits per heavy atom. The second-order valence-electron chi connectivity index (χ2n) is 5.68. The minimum atomic E-state index is -4.28. The molecule has 0 aliphatic heterocycles. The third-order valence-corrected chi connectivity index (χ3v) is 4.55. The van der Waals surface area contributed by atoms with Crippen LogP contribution in [0.1, 0.15) is 37.8 Å². The van der Waals surface area contributed by atoms with Crippen molar-refractivity contribution < 1.29 is 13.2 Å². The number of hydrogen-bond donors (Lipinski definition) is 1. The van der Waals surface area contributed by atoms with Crippen molar-refractivity contribution in [3.8, 4) is 0 Å². The molecule has 1 saturated carbocycles. The number of benzene rings is 1. The second kappa shape index (κ2) is 6.39. The van der Waals surface area contributed by atoms with Crippen LogP contribution in [0.15, 0.2) is 23.1 Å². The van der Waals surface area contributed by atoms with Gasteiger partial charge in [-0.15, -0.1) is 11.8 Å². The molecule has 20 heavy (non-hydrogen) atoms. The molecule has 0 heterocycles. The van der Waals surface area contributed by atoms with Gasteiger partial charge in [-0.1, -0.05) is 19.9 Å². The molecule has 0 bridgehead atoms. The fourth-order valence-corrected chi connectivity index (χ4v) is 2.76. The second-order valence-corrected chi connectivity index (χ2v) is 6.77. The van der Waals surface area contributed by atoms with Crippen LogP contribution in [0.5, 0.6) is 0 Å². The zero-order valence-electron chi connectivity index (χ0n) is 11.8. The quantitative estimate of drug-likeness (QED) is 0.764. The third kappa shape index (κ3) is 4.70. The Bertz CT molecular complexity index is 453. The first-order chi connectivity index (χ1) is 9.36. The Hall–Kier alpha value is -0.680. The lowest BCUT2D eigenvalue weighted by molar-refractivity contribution is -0.138. The van der Waals surface area contributed by atoms with E-state index in [-0.39, 0.29) is 0 Å². The summed E-state index contributed by atoms with van der Waals surface area (Å²) < 4.78 is 39.4. The van der Waals surface area contributed by atoms with Crippen molar-refractivity contribution in [3.05, 3.63) is 29.3 Å². The van der Waals surface area contributed by atoms with Crippen molar-refractivity contribution in [1.82, 2.24) is 5.32 Å². The molecular formula is C15H20F3NS. The van der Waals surface area contributed by atoms with Gasteiger partial charge in [-0.2, -0.15) is 13.2 Å². The Balaban J connectivity index is 2.13. The Labute approximate surface area is 122 Å². The molecule has 1 aliphatic rings. The minimum absolute atomic E-state index is 0.300. The summed E-state index contributed by atoms with van der Waals surface area (Å²) in [7, 11) is 0. The van der Waals surface area contributed by atoms with Crippen molar-refractivity contribution >= 4 is 11.8 Å². The van der Waals surface area contributed by atoms with E-state index in [1.54, 1.807) is 12.1 Å². The molecular weight excluding hydrogens is 283 g/mol. The SMILES string of the molecule is CC(C)CSc1ccc(CNC2CC2)c(C(F)(F)F)c1. The highest BCUT2D eigenvalue weighted by molar-refractivity contribution is 7.99. The molecule has 0 radical (unpaired) electrons. The zero-order chi connectivity index (χ0) is 14.8. The van der Waals surface area contributed by atoms with E-state index in [4.69, 9.17) is 0 Å². The average Bonchev–Trinajstić information content (AvgIpc) is 3.17. The Morgan fingerprint density at radius 3 is 2.55 bits per heavy atom. The predicted octanol–water partition coefficient (Wildman–Crippen LogP) is 4.71. The van der Waals surface area contributed by atoms with E-state index in [2.05, 4.69) is 19.2 Å². The molecule has 0 spiro atoms. The van der Waals surface area contributed by atoms with Crippen LogP contribution in [-0.2, 0) is 12.7 Å². The average molecular weight is 303 g/mol. The van der Waals surface area contributed by atoms with Crippen LogP contribution >= 0.6 is 11.8 Å². The lowest BCUT2D eigenvalue weighted by Crippen LogP contribution is -2.19. The topological polar surface area (TPSA) is 12.0 Å². The number of halogens is 3. The van der Waals surface area contributed by atoms with Crippen LogP contribution in [0.2, 0.25) is 0 Å². The first-order valence-electron chi connectivity index (χ1n) is 6.92. The molecule has 0 atom stereocenters. The summed E-state index contributed by atoms with van der Waals surface area (Å²) in [5.41, 5.74) is -0.155. The normalized spacial score (nSPS) is 15.9. The first-order valence-corrected chi connectivity index (χ1v) is 7.91. The fraction of sp³-hybridized carbons (Fsp3) is 0.600. The van der Waals surface area contributed by atoms with E-state index in [1.807, 2.05) is 0 Å². The van der Waals surface area contributed by atoms with E-state index >= 15 is 0 Å². The highest BCUT2D eigenvalue weighted by Gasteiger charge is 2.34. The van der Waals surface area contributed by atoms with Gasteiger partial charge in [0.05, 0.1) is 5.56 Å². The molecule has 2 rings (SSSR count). The molecule has 112 valence electrons. The predicted molar refractivity (Wildman–Crippen MR) is 76.9 cm³/mol. The summed E-state index contributed by atoms with van der Waals surface area (Å²) in [6, 6.07) is 5.11. The summed E-state index contributed by atoms with van der Waals surface area (Å²) >= 11 is 1.48. The van der Waals surface area contributed by atoms with Gasteiger partial charge in [0.1, 0.15) is 0 Å². The van der Waals surface area contributed by atoms with Crippen LogP contribution in [0.4, 0.5) is 13.2 Å². The first kappa shape index (κ1) is 15.7. The molecule has 0 unspecified atom stereocenters. The number of thioether (sulfide) groups is 1. The maximum Gasteiger partial charge on any atom is 0.416 e. The number of alkyl halides is 3. The van der Waals surface area contributed by atoms with Crippen molar-refractivity contribution in [2.75, 3.05) is 5.75 Å². The van der Waals surface area contributed by atoms with Crippen LogP contribution in [-0.4, -0.2) is 11.8 Å². The van der Waals surface area contributed by atoms with Crippen molar-refractivity contribution in [3.63, 3.8) is 0 Å². The van der Waals surface area contributed by atoms with Gasteiger partial charge in [0.25, 0.3) is 0 Å². The van der Waals surface area contributed by atoms with Gasteiger partial charge in [-0.05, 0) is 36.5 Å². The van der Waals surface area contributed by atoms with Crippen LogP contribution in [0.25, 0.3) is 0 Å². The molecule has 5 heteroatoms. The molecule has 1 aliphatic carbocycles. The van der Waals surface area contributed by atoms with E-state index < -0.39 is 11.7 Å². The maximum absolute atomic E-state index is 13.1. The fourth-order valence-electron chi connectivity index (χ4n) is 1.87. The highest BCUT2D eigenvalue weighted by Crippen LogP contribution is 2.35. The summed E-state index contributed by atoms with van der Waals surface area (Å²) in [4.78, 5) is 0.696. The van der Waals surface area contributed by atoms with Crippen LogP contribution < -0.4 is 5.32 Å². The van der Waals surface area contributed by atoms with Gasteiger partial charge in [-0.3, -0.25) is 0 Å². The van der Waals surface area contributed by atoms with Gasteiger partial charge in [0, 0.05) is 23.2 Å². The summed E-state index contributed by atoms with van der Waals surface area (Å²) in [6.07, 6.45) is -2.14. The summed E-state index contributed by atoms with van der Waals surface area (Å²) in [5.74, 6) is 1.29. The monoisotopic (exact) mass is 303 g/mol. The van der Waals surface area contributed by atoms with E-state index in [9.17, 15) is 13.2 Å². The molecule has 1 aromatic rings. The van der Waals surface area contributed by atoms with Gasteiger partial charge >= 0.3 is 6.18 Å². The van der Waals surface area contributed by atoms with Gasteiger partial charge in [0.2, 0.25) is 0 Å². The van der Waals surface area contributed by atoms with Gasteiger partial charge in [0.15, 0.2) is 0 Å². The van der Waals surface area contributed by atoms with E-state index in [0.717, 1.165) is 18.6 Å². The third-order valence-electron chi connectivity index (χ3n) is 3.13. The minimum Gasteiger partial charge on any atom is -0.310 e. The molecule has 1 fully saturated rings. The standard InChI is InChI=1S/C15H20F3NS/c1-10(2)9-20-13-6-3-11(8-19-12-4-5-12)14(7-13)15(16,17)18/h3,6-7,10,12,19H,4-5,8-9H2,1-2H3. The lowest BCUT2D eigenvalue weighted by atomic mass is 10.1. The molecule has 0 saturated heterocycles. The highest BCUT2D eigenvalue weighted by atomic mass is 32.2. The smallest absolute Gasteiger partial charge is 0.310 e. The molecule has 1 N–H and O–H groups in total. The summed E-state index contributed by atoms with van der Waals surface area (Å²) in [6.45, 7) is 4.42. The van der Waals surface area contributed by atoms with E-state index in [1.165, 1.54) is 17.8 Å². The Kier molecular flexibility index (Phi) is 5.02. The van der Waals surface area contributed by atoms with Gasteiger partial charge < -0.3 is 5.32 Å². The van der Waals surface area contributed by atoms with Gasteiger partial charge in [-0.25, -0.2) is 0 Å². The molecule has 1 aromatic carbocycles. The molecule has 0 amide bonds. The molecule has 0 aromatic heterocycles. The molecule has 1 nitrogen and oxygen atoms in total. The van der Waals surface area contributed by atoms with Crippen LogP contribution in [0.3, 0.4) is 0 Å². The lowest BCUT2D eigenvalue weighted by Gasteiger charge is -2.15. The van der Waals surface area contributed by atoms with Crippen molar-refractivity contribution in [2.45, 2.75) is 50.3 Å².